The molecule has 1 aliphatic rings. The van der Waals surface area contributed by atoms with Gasteiger partial charge in [-0.25, -0.2) is 4.39 Å². The minimum Gasteiger partial charge on any atom is -0.492 e. The van der Waals surface area contributed by atoms with Crippen LogP contribution in [-0.2, 0) is 0 Å². The van der Waals surface area contributed by atoms with E-state index in [0.717, 1.165) is 30.8 Å². The summed E-state index contributed by atoms with van der Waals surface area (Å²) < 4.78 is 19.7. The fourth-order valence-corrected chi connectivity index (χ4v) is 3.15. The molecule has 1 aromatic rings. The van der Waals surface area contributed by atoms with Gasteiger partial charge in [-0.3, -0.25) is 0 Å². The van der Waals surface area contributed by atoms with Crippen LogP contribution in [0.3, 0.4) is 0 Å². The van der Waals surface area contributed by atoms with Crippen LogP contribution in [0.4, 0.5) is 4.39 Å². The number of hydrogen-bond acceptors (Lipinski definition) is 1. The van der Waals surface area contributed by atoms with Crippen molar-refractivity contribution in [1.29, 1.82) is 0 Å². The maximum absolute atomic E-state index is 14.4. The van der Waals surface area contributed by atoms with Crippen LogP contribution in [0.1, 0.15) is 57.9 Å². The Morgan fingerprint density at radius 1 is 1.33 bits per heavy atom. The molecular formula is C18H24ClFO. The molecule has 0 fully saturated rings. The Kier molecular flexibility index (Phi) is 6.10. The van der Waals surface area contributed by atoms with Crippen molar-refractivity contribution in [1.82, 2.24) is 0 Å². The lowest BCUT2D eigenvalue weighted by Gasteiger charge is -2.22. The van der Waals surface area contributed by atoms with Crippen LogP contribution < -0.4 is 4.74 Å². The Morgan fingerprint density at radius 2 is 2.14 bits per heavy atom. The lowest BCUT2D eigenvalue weighted by Crippen LogP contribution is -2.06. The van der Waals surface area contributed by atoms with E-state index in [1.165, 1.54) is 19.3 Å². The largest absolute Gasteiger partial charge is 0.492 e. The number of ether oxygens (including phenoxy) is 1. The summed E-state index contributed by atoms with van der Waals surface area (Å²) >= 11 is 6.07. The van der Waals surface area contributed by atoms with Gasteiger partial charge >= 0.3 is 0 Å². The highest BCUT2D eigenvalue weighted by Crippen LogP contribution is 2.37. The van der Waals surface area contributed by atoms with Crippen LogP contribution >= 0.6 is 11.6 Å². The van der Waals surface area contributed by atoms with Crippen LogP contribution in [0.5, 0.6) is 5.75 Å². The van der Waals surface area contributed by atoms with E-state index in [1.807, 2.05) is 6.92 Å². The molecule has 0 aromatic heterocycles. The predicted molar refractivity (Wildman–Crippen MR) is 87.4 cm³/mol. The van der Waals surface area contributed by atoms with Gasteiger partial charge in [0.05, 0.1) is 6.61 Å². The second kappa shape index (κ2) is 7.84. The van der Waals surface area contributed by atoms with Crippen LogP contribution in [0.15, 0.2) is 18.2 Å². The zero-order valence-electron chi connectivity index (χ0n) is 12.9. The number of rotatable bonds is 6. The number of benzene rings is 1. The van der Waals surface area contributed by atoms with Gasteiger partial charge in [0, 0.05) is 5.56 Å². The molecule has 0 radical (unpaired) electrons. The molecule has 0 spiro atoms. The SMILES string of the molecule is CCCCC1CC=C(c2ccc(OCC)c(Cl)c2F)CC1. The third-order valence-electron chi connectivity index (χ3n) is 4.18. The molecule has 0 N–H and O–H groups in total. The van der Waals surface area contributed by atoms with Crippen molar-refractivity contribution in [3.05, 3.63) is 34.6 Å². The van der Waals surface area contributed by atoms with E-state index in [9.17, 15) is 4.39 Å². The Labute approximate surface area is 132 Å². The summed E-state index contributed by atoms with van der Waals surface area (Å²) in [5.74, 6) is 0.841. The van der Waals surface area contributed by atoms with Crippen molar-refractivity contribution in [2.24, 2.45) is 5.92 Å². The summed E-state index contributed by atoms with van der Waals surface area (Å²) in [5, 5.41) is 0.100. The Hall–Kier alpha value is -1.02. The van der Waals surface area contributed by atoms with E-state index in [1.54, 1.807) is 12.1 Å². The molecule has 0 bridgehead atoms. The molecule has 1 atom stereocenters. The molecule has 1 unspecified atom stereocenters. The van der Waals surface area contributed by atoms with Crippen molar-refractivity contribution in [2.75, 3.05) is 6.61 Å². The van der Waals surface area contributed by atoms with Gasteiger partial charge in [0.15, 0.2) is 5.82 Å². The van der Waals surface area contributed by atoms with E-state index in [4.69, 9.17) is 16.3 Å². The van der Waals surface area contributed by atoms with Gasteiger partial charge in [-0.2, -0.15) is 0 Å². The van der Waals surface area contributed by atoms with Gasteiger partial charge in [-0.15, -0.1) is 0 Å². The topological polar surface area (TPSA) is 9.23 Å². The van der Waals surface area contributed by atoms with E-state index < -0.39 is 0 Å². The third-order valence-corrected chi connectivity index (χ3v) is 4.53. The maximum atomic E-state index is 14.4. The molecule has 0 amide bonds. The molecule has 0 heterocycles. The average Bonchev–Trinajstić information content (AvgIpc) is 2.51. The van der Waals surface area contributed by atoms with Gasteiger partial charge in [0.2, 0.25) is 0 Å². The summed E-state index contributed by atoms with van der Waals surface area (Å²) in [5.41, 5.74) is 1.72. The molecule has 116 valence electrons. The predicted octanol–water partition coefficient (Wildman–Crippen LogP) is 6.25. The highest BCUT2D eigenvalue weighted by Gasteiger charge is 2.19. The van der Waals surface area contributed by atoms with Crippen LogP contribution in [-0.4, -0.2) is 6.61 Å². The molecule has 1 aromatic carbocycles. The number of halogens is 2. The van der Waals surface area contributed by atoms with E-state index in [0.29, 0.717) is 17.9 Å². The number of allylic oxidation sites excluding steroid dienone is 2. The van der Waals surface area contributed by atoms with Gasteiger partial charge < -0.3 is 4.74 Å². The Balaban J connectivity index is 2.12. The summed E-state index contributed by atoms with van der Waals surface area (Å²) in [6.07, 6.45) is 9.16. The van der Waals surface area contributed by atoms with Crippen molar-refractivity contribution in [3.8, 4) is 5.75 Å². The first-order chi connectivity index (χ1) is 10.2. The normalized spacial score (nSPS) is 18.5. The molecule has 1 nitrogen and oxygen atoms in total. The van der Waals surface area contributed by atoms with E-state index in [-0.39, 0.29) is 10.8 Å². The van der Waals surface area contributed by atoms with Crippen LogP contribution in [0.2, 0.25) is 5.02 Å². The van der Waals surface area contributed by atoms with Crippen LogP contribution in [0.25, 0.3) is 5.57 Å². The molecular weight excluding hydrogens is 287 g/mol. The highest BCUT2D eigenvalue weighted by molar-refractivity contribution is 6.32. The minimum atomic E-state index is -0.346. The number of hydrogen-bond donors (Lipinski definition) is 0. The lowest BCUT2D eigenvalue weighted by atomic mass is 9.84. The number of unbranched alkanes of at least 4 members (excludes halogenated alkanes) is 1. The summed E-state index contributed by atoms with van der Waals surface area (Å²) in [6.45, 7) is 4.57. The molecule has 3 heteroatoms. The van der Waals surface area contributed by atoms with E-state index >= 15 is 0 Å². The quantitative estimate of drug-likeness (QED) is 0.603. The summed E-state index contributed by atoms with van der Waals surface area (Å²) in [4.78, 5) is 0. The molecule has 1 aliphatic carbocycles. The zero-order valence-corrected chi connectivity index (χ0v) is 13.7. The first kappa shape index (κ1) is 16.4. The first-order valence-corrected chi connectivity index (χ1v) is 8.35. The third kappa shape index (κ3) is 4.00. The smallest absolute Gasteiger partial charge is 0.153 e. The maximum Gasteiger partial charge on any atom is 0.153 e. The lowest BCUT2D eigenvalue weighted by molar-refractivity contribution is 0.338. The second-order valence-electron chi connectivity index (χ2n) is 5.68. The fourth-order valence-electron chi connectivity index (χ4n) is 2.93. The van der Waals surface area contributed by atoms with Crippen molar-refractivity contribution in [2.45, 2.75) is 52.4 Å². The van der Waals surface area contributed by atoms with Crippen molar-refractivity contribution >= 4 is 17.2 Å². The molecule has 0 saturated heterocycles. The fraction of sp³-hybridized carbons (Fsp3) is 0.556. The first-order valence-electron chi connectivity index (χ1n) is 7.97. The molecule has 2 rings (SSSR count). The standard InChI is InChI=1S/C18H24ClFO/c1-3-5-6-13-7-9-14(10-8-13)15-11-12-16(21-4-2)17(19)18(15)20/h9,11-13H,3-8,10H2,1-2H3. The summed E-state index contributed by atoms with van der Waals surface area (Å²) in [6, 6.07) is 3.57. The molecule has 0 aliphatic heterocycles. The highest BCUT2D eigenvalue weighted by atomic mass is 35.5. The monoisotopic (exact) mass is 310 g/mol. The van der Waals surface area contributed by atoms with Gasteiger partial charge in [0.25, 0.3) is 0 Å². The zero-order chi connectivity index (χ0) is 15.2. The van der Waals surface area contributed by atoms with Gasteiger partial charge in [-0.1, -0.05) is 43.9 Å². The summed E-state index contributed by atoms with van der Waals surface area (Å²) in [7, 11) is 0. The van der Waals surface area contributed by atoms with Crippen molar-refractivity contribution < 1.29 is 9.13 Å². The molecule has 21 heavy (non-hydrogen) atoms. The minimum absolute atomic E-state index is 0.100. The average molecular weight is 311 g/mol. The van der Waals surface area contributed by atoms with Crippen LogP contribution in [0, 0.1) is 11.7 Å². The van der Waals surface area contributed by atoms with Gasteiger partial charge in [-0.05, 0) is 49.8 Å². The second-order valence-corrected chi connectivity index (χ2v) is 6.06. The van der Waals surface area contributed by atoms with E-state index in [2.05, 4.69) is 13.0 Å². The van der Waals surface area contributed by atoms with Crippen molar-refractivity contribution in [3.63, 3.8) is 0 Å². The van der Waals surface area contributed by atoms with Gasteiger partial charge in [0.1, 0.15) is 10.8 Å². The molecule has 0 saturated carbocycles. The Bertz CT molecular complexity index is 510. The Morgan fingerprint density at radius 3 is 2.76 bits per heavy atom.